The Bertz CT molecular complexity index is 791. The Morgan fingerprint density at radius 1 is 1.21 bits per heavy atom. The maximum Gasteiger partial charge on any atom is 0.338 e. The lowest BCUT2D eigenvalue weighted by Crippen LogP contribution is -2.21. The number of aldehydes is 1. The third-order valence-electron chi connectivity index (χ3n) is 2.98. The number of esters is 1. The number of hydrogen-bond acceptors (Lipinski definition) is 5. The van der Waals surface area contributed by atoms with Crippen molar-refractivity contribution in [3.05, 3.63) is 57.2 Å². The van der Waals surface area contributed by atoms with Crippen LogP contribution in [0.5, 0.6) is 0 Å². The maximum atomic E-state index is 11.8. The van der Waals surface area contributed by atoms with Gasteiger partial charge in [0.15, 0.2) is 12.4 Å². The van der Waals surface area contributed by atoms with E-state index in [4.69, 9.17) is 27.9 Å². The third kappa shape index (κ3) is 4.53. The van der Waals surface area contributed by atoms with E-state index in [-0.39, 0.29) is 16.4 Å². The Morgan fingerprint density at radius 3 is 2.50 bits per heavy atom. The predicted octanol–water partition coefficient (Wildman–Crippen LogP) is 3.30. The minimum absolute atomic E-state index is 0.134. The molecule has 1 heterocycles. The fourth-order valence-corrected chi connectivity index (χ4v) is 2.13. The van der Waals surface area contributed by atoms with Gasteiger partial charge in [-0.1, -0.05) is 35.3 Å². The molecule has 0 aliphatic rings. The predicted molar refractivity (Wildman–Crippen MR) is 89.7 cm³/mol. The molecular formula is C16H12Cl2N2O4. The van der Waals surface area contributed by atoms with Crippen molar-refractivity contribution in [1.82, 2.24) is 4.98 Å². The van der Waals surface area contributed by atoms with Crippen LogP contribution in [-0.4, -0.2) is 29.8 Å². The number of carbonyl (C=O) groups excluding carboxylic acids is 3. The van der Waals surface area contributed by atoms with E-state index in [1.54, 1.807) is 6.92 Å². The lowest BCUT2D eigenvalue weighted by atomic mass is 10.1. The Hall–Kier alpha value is -2.44. The lowest BCUT2D eigenvalue weighted by Gasteiger charge is -2.09. The average Bonchev–Trinajstić information content (AvgIpc) is 2.57. The molecule has 0 radical (unpaired) electrons. The molecular weight excluding hydrogens is 355 g/mol. The van der Waals surface area contributed by atoms with Crippen molar-refractivity contribution < 1.29 is 19.1 Å². The van der Waals surface area contributed by atoms with Crippen LogP contribution in [0.4, 0.5) is 5.82 Å². The molecule has 124 valence electrons. The third-order valence-corrected chi connectivity index (χ3v) is 3.65. The van der Waals surface area contributed by atoms with Gasteiger partial charge in [0.1, 0.15) is 6.29 Å². The molecule has 0 saturated carbocycles. The Kier molecular flexibility index (Phi) is 5.89. The summed E-state index contributed by atoms with van der Waals surface area (Å²) in [6, 6.07) is 7.28. The summed E-state index contributed by atoms with van der Waals surface area (Å²) in [5, 5.41) is 2.99. The molecule has 0 unspecified atom stereocenters. The van der Waals surface area contributed by atoms with Crippen LogP contribution in [-0.2, 0) is 9.53 Å². The molecule has 1 amide bonds. The average molecular weight is 367 g/mol. The summed E-state index contributed by atoms with van der Waals surface area (Å²) in [5.41, 5.74) is 1.17. The zero-order valence-corrected chi connectivity index (χ0v) is 14.0. The maximum absolute atomic E-state index is 11.8. The number of pyridine rings is 1. The van der Waals surface area contributed by atoms with Gasteiger partial charge in [-0.15, -0.1) is 0 Å². The number of nitrogens with zero attached hydrogens (tertiary/aromatic N) is 1. The summed E-state index contributed by atoms with van der Waals surface area (Å²) in [4.78, 5) is 38.2. The van der Waals surface area contributed by atoms with Crippen LogP contribution in [0.25, 0.3) is 0 Å². The molecule has 2 aromatic rings. The van der Waals surface area contributed by atoms with E-state index < -0.39 is 18.5 Å². The highest BCUT2D eigenvalue weighted by Gasteiger charge is 2.13. The van der Waals surface area contributed by atoms with Crippen molar-refractivity contribution in [3.63, 3.8) is 0 Å². The molecule has 0 saturated heterocycles. The topological polar surface area (TPSA) is 85.4 Å². The molecule has 0 fully saturated rings. The van der Waals surface area contributed by atoms with Crippen LogP contribution in [0.2, 0.25) is 10.0 Å². The van der Waals surface area contributed by atoms with E-state index in [9.17, 15) is 14.4 Å². The number of aryl methyl sites for hydroxylation is 1. The van der Waals surface area contributed by atoms with Crippen LogP contribution in [0, 0.1) is 6.92 Å². The van der Waals surface area contributed by atoms with Gasteiger partial charge in [0.2, 0.25) is 0 Å². The van der Waals surface area contributed by atoms with Crippen LogP contribution < -0.4 is 5.32 Å². The summed E-state index contributed by atoms with van der Waals surface area (Å²) in [6.07, 6.45) is 0.660. The Morgan fingerprint density at radius 2 is 1.88 bits per heavy atom. The van der Waals surface area contributed by atoms with Crippen molar-refractivity contribution in [2.45, 2.75) is 6.92 Å². The van der Waals surface area contributed by atoms with E-state index in [0.29, 0.717) is 22.6 Å². The highest BCUT2D eigenvalue weighted by atomic mass is 35.5. The number of halogens is 2. The van der Waals surface area contributed by atoms with Gasteiger partial charge in [0.05, 0.1) is 21.3 Å². The van der Waals surface area contributed by atoms with Gasteiger partial charge in [-0.05, 0) is 25.1 Å². The first-order valence-corrected chi connectivity index (χ1v) is 7.51. The van der Waals surface area contributed by atoms with Crippen molar-refractivity contribution in [3.8, 4) is 0 Å². The monoisotopic (exact) mass is 366 g/mol. The summed E-state index contributed by atoms with van der Waals surface area (Å²) >= 11 is 11.8. The number of ether oxygens (including phenoxy) is 1. The van der Waals surface area contributed by atoms with Crippen LogP contribution >= 0.6 is 23.2 Å². The molecule has 24 heavy (non-hydrogen) atoms. The molecule has 0 spiro atoms. The van der Waals surface area contributed by atoms with Gasteiger partial charge < -0.3 is 10.1 Å². The largest absolute Gasteiger partial charge is 0.452 e. The van der Waals surface area contributed by atoms with Gasteiger partial charge in [-0.25, -0.2) is 9.78 Å². The van der Waals surface area contributed by atoms with Gasteiger partial charge in [-0.3, -0.25) is 9.59 Å². The number of rotatable bonds is 5. The zero-order valence-electron chi connectivity index (χ0n) is 12.5. The highest BCUT2D eigenvalue weighted by Crippen LogP contribution is 2.25. The van der Waals surface area contributed by atoms with Crippen LogP contribution in [0.3, 0.4) is 0 Å². The van der Waals surface area contributed by atoms with Crippen molar-refractivity contribution in [2.75, 3.05) is 11.9 Å². The number of benzene rings is 1. The first-order valence-electron chi connectivity index (χ1n) is 6.75. The molecule has 6 nitrogen and oxygen atoms in total. The van der Waals surface area contributed by atoms with Crippen molar-refractivity contribution in [1.29, 1.82) is 0 Å². The summed E-state index contributed by atoms with van der Waals surface area (Å²) in [7, 11) is 0. The first-order chi connectivity index (χ1) is 11.4. The summed E-state index contributed by atoms with van der Waals surface area (Å²) < 4.78 is 4.89. The number of nitrogens with one attached hydrogen (secondary N) is 1. The zero-order chi connectivity index (χ0) is 17.7. The van der Waals surface area contributed by atoms with E-state index >= 15 is 0 Å². The fourth-order valence-electron chi connectivity index (χ4n) is 1.73. The number of amides is 1. The van der Waals surface area contributed by atoms with Gasteiger partial charge in [-0.2, -0.15) is 0 Å². The lowest BCUT2D eigenvalue weighted by molar-refractivity contribution is -0.119. The molecule has 0 atom stereocenters. The van der Waals surface area contributed by atoms with E-state index in [1.807, 2.05) is 0 Å². The second kappa shape index (κ2) is 7.90. The normalized spacial score (nSPS) is 10.1. The molecule has 2 rings (SSSR count). The van der Waals surface area contributed by atoms with Gasteiger partial charge in [0, 0.05) is 5.56 Å². The fraction of sp³-hybridized carbons (Fsp3) is 0.125. The highest BCUT2D eigenvalue weighted by molar-refractivity contribution is 6.36. The Balaban J connectivity index is 1.94. The van der Waals surface area contributed by atoms with E-state index in [1.165, 1.54) is 30.3 Å². The minimum Gasteiger partial charge on any atom is -0.452 e. The Labute approximate surface area is 147 Å². The molecule has 1 aromatic carbocycles. The second-order valence-electron chi connectivity index (χ2n) is 4.75. The second-order valence-corrected chi connectivity index (χ2v) is 5.56. The number of hydrogen-bond donors (Lipinski definition) is 1. The van der Waals surface area contributed by atoms with Crippen molar-refractivity contribution in [2.24, 2.45) is 0 Å². The smallest absolute Gasteiger partial charge is 0.338 e. The molecule has 1 aromatic heterocycles. The SMILES string of the molecule is Cc1nc(NC(=O)COC(=O)c2ccc(C=O)cc2)c(Cl)cc1Cl. The first kappa shape index (κ1) is 17.9. The summed E-state index contributed by atoms with van der Waals surface area (Å²) in [5.74, 6) is -1.15. The standard InChI is InChI=1S/C16H12Cl2N2O4/c1-9-12(17)6-13(18)15(19-9)20-14(22)8-24-16(23)11-4-2-10(7-21)3-5-11/h2-7H,8H2,1H3,(H,19,20,22). The quantitative estimate of drug-likeness (QED) is 0.647. The van der Waals surface area contributed by atoms with Crippen molar-refractivity contribution >= 4 is 47.2 Å². The summed E-state index contributed by atoms with van der Waals surface area (Å²) in [6.45, 7) is 1.16. The van der Waals surface area contributed by atoms with E-state index in [2.05, 4.69) is 10.3 Å². The number of anilines is 1. The van der Waals surface area contributed by atoms with Crippen LogP contribution in [0.1, 0.15) is 26.4 Å². The molecule has 0 aliphatic heterocycles. The van der Waals surface area contributed by atoms with Crippen LogP contribution in [0.15, 0.2) is 30.3 Å². The molecule has 0 aliphatic carbocycles. The van der Waals surface area contributed by atoms with Gasteiger partial charge >= 0.3 is 5.97 Å². The number of aromatic nitrogens is 1. The molecule has 0 bridgehead atoms. The molecule has 1 N–H and O–H groups in total. The minimum atomic E-state index is -0.686. The van der Waals surface area contributed by atoms with E-state index in [0.717, 1.165) is 0 Å². The molecule has 8 heteroatoms. The number of carbonyl (C=O) groups is 3. The van der Waals surface area contributed by atoms with Gasteiger partial charge in [0.25, 0.3) is 5.91 Å².